The van der Waals surface area contributed by atoms with E-state index in [0.717, 1.165) is 11.8 Å². The molecular weight excluding hydrogens is 398 g/mol. The fourth-order valence-corrected chi connectivity index (χ4v) is 4.51. The van der Waals surface area contributed by atoms with Gasteiger partial charge in [-0.15, -0.1) is 10.2 Å². The number of anilines is 1. The molecule has 1 N–H and O–H groups in total. The number of hydrogen-bond donors (Lipinski definition) is 1. The lowest BCUT2D eigenvalue weighted by Crippen LogP contribution is -2.14. The van der Waals surface area contributed by atoms with E-state index in [4.69, 9.17) is 0 Å². The topological polar surface area (TPSA) is 106 Å². The van der Waals surface area contributed by atoms with Crippen LogP contribution in [-0.4, -0.2) is 33.3 Å². The van der Waals surface area contributed by atoms with Crippen LogP contribution < -0.4 is 4.72 Å². The Morgan fingerprint density at radius 3 is 2.25 bits per heavy atom. The molecule has 28 heavy (non-hydrogen) atoms. The zero-order valence-electron chi connectivity index (χ0n) is 15.5. The molecule has 0 aliphatic heterocycles. The van der Waals surface area contributed by atoms with Gasteiger partial charge in [-0.25, -0.2) is 16.8 Å². The molecule has 0 spiro atoms. The summed E-state index contributed by atoms with van der Waals surface area (Å²) in [5.74, 6) is 0. The molecule has 0 fully saturated rings. The number of rotatable bonds is 5. The Hall–Kier alpha value is -2.78. The summed E-state index contributed by atoms with van der Waals surface area (Å²) in [5.41, 5.74) is 2.90. The SMILES string of the molecule is Cc1ccc(C)c(S(=O)(=O)Nc2cccc(-c3ccc(S(C)(=O)=O)nn3)c2)c1. The molecule has 3 aromatic rings. The molecule has 1 aromatic heterocycles. The van der Waals surface area contributed by atoms with Crippen molar-refractivity contribution in [1.82, 2.24) is 10.2 Å². The van der Waals surface area contributed by atoms with Crippen molar-refractivity contribution in [2.24, 2.45) is 0 Å². The number of sulfone groups is 1. The summed E-state index contributed by atoms with van der Waals surface area (Å²) in [4.78, 5) is 0.218. The lowest BCUT2D eigenvalue weighted by atomic mass is 10.1. The maximum Gasteiger partial charge on any atom is 0.262 e. The number of hydrogen-bond acceptors (Lipinski definition) is 6. The zero-order chi connectivity index (χ0) is 20.5. The van der Waals surface area contributed by atoms with Crippen LogP contribution in [0.2, 0.25) is 0 Å². The molecule has 1 heterocycles. The summed E-state index contributed by atoms with van der Waals surface area (Å²) in [5, 5.41) is 7.53. The summed E-state index contributed by atoms with van der Waals surface area (Å²) < 4.78 is 51.1. The maximum atomic E-state index is 12.8. The Balaban J connectivity index is 1.92. The summed E-state index contributed by atoms with van der Waals surface area (Å²) in [7, 11) is -7.19. The molecule has 7 nitrogen and oxygen atoms in total. The van der Waals surface area contributed by atoms with E-state index in [1.165, 1.54) is 12.1 Å². The lowest BCUT2D eigenvalue weighted by Gasteiger charge is -2.12. The van der Waals surface area contributed by atoms with Crippen LogP contribution in [0, 0.1) is 13.8 Å². The number of aryl methyl sites for hydroxylation is 2. The summed E-state index contributed by atoms with van der Waals surface area (Å²) in [6, 6.07) is 14.8. The molecule has 3 rings (SSSR count). The van der Waals surface area contributed by atoms with Crippen LogP contribution in [-0.2, 0) is 19.9 Å². The lowest BCUT2D eigenvalue weighted by molar-refractivity contribution is 0.595. The standard InChI is InChI=1S/C19H19N3O4S2/c1-13-7-8-14(2)18(11-13)28(25,26)22-16-6-4-5-15(12-16)17-9-10-19(21-20-17)27(3,23)24/h4-12,22H,1-3H3. The molecule has 0 amide bonds. The average Bonchev–Trinajstić information content (AvgIpc) is 2.63. The van der Waals surface area contributed by atoms with E-state index >= 15 is 0 Å². The summed E-state index contributed by atoms with van der Waals surface area (Å²) in [6.45, 7) is 3.57. The minimum Gasteiger partial charge on any atom is -0.280 e. The Kier molecular flexibility index (Phi) is 5.22. The second-order valence-corrected chi connectivity index (χ2v) is 10.1. The molecule has 2 aromatic carbocycles. The predicted molar refractivity (Wildman–Crippen MR) is 107 cm³/mol. The maximum absolute atomic E-state index is 12.8. The van der Waals surface area contributed by atoms with Gasteiger partial charge in [0.2, 0.25) is 0 Å². The van der Waals surface area contributed by atoms with Crippen LogP contribution >= 0.6 is 0 Å². The fraction of sp³-hybridized carbons (Fsp3) is 0.158. The Morgan fingerprint density at radius 2 is 1.61 bits per heavy atom. The highest BCUT2D eigenvalue weighted by Crippen LogP contribution is 2.24. The van der Waals surface area contributed by atoms with Crippen molar-refractivity contribution >= 4 is 25.5 Å². The van der Waals surface area contributed by atoms with E-state index in [1.54, 1.807) is 43.3 Å². The van der Waals surface area contributed by atoms with Crippen LogP contribution in [0.1, 0.15) is 11.1 Å². The molecule has 0 atom stereocenters. The van der Waals surface area contributed by atoms with Crippen molar-refractivity contribution in [2.45, 2.75) is 23.8 Å². The van der Waals surface area contributed by atoms with Crippen molar-refractivity contribution in [3.05, 3.63) is 65.7 Å². The largest absolute Gasteiger partial charge is 0.280 e. The Labute approximate surface area is 164 Å². The van der Waals surface area contributed by atoms with E-state index in [-0.39, 0.29) is 9.92 Å². The van der Waals surface area contributed by atoms with Gasteiger partial charge in [-0.3, -0.25) is 4.72 Å². The first-order chi connectivity index (χ1) is 13.1. The van der Waals surface area contributed by atoms with Gasteiger partial charge in [0, 0.05) is 17.5 Å². The van der Waals surface area contributed by atoms with Gasteiger partial charge in [-0.05, 0) is 55.3 Å². The highest BCUT2D eigenvalue weighted by molar-refractivity contribution is 7.92. The van der Waals surface area contributed by atoms with Gasteiger partial charge in [-0.2, -0.15) is 0 Å². The van der Waals surface area contributed by atoms with E-state index in [1.807, 2.05) is 13.0 Å². The first kappa shape index (κ1) is 20.0. The number of benzene rings is 2. The highest BCUT2D eigenvalue weighted by atomic mass is 32.2. The van der Waals surface area contributed by atoms with Gasteiger partial charge in [0.15, 0.2) is 14.9 Å². The molecule has 9 heteroatoms. The van der Waals surface area contributed by atoms with E-state index in [2.05, 4.69) is 14.9 Å². The van der Waals surface area contributed by atoms with Gasteiger partial charge in [-0.1, -0.05) is 24.3 Å². The molecule has 0 saturated carbocycles. The number of nitrogens with zero attached hydrogens (tertiary/aromatic N) is 2. The molecule has 0 unspecified atom stereocenters. The second kappa shape index (κ2) is 7.33. The van der Waals surface area contributed by atoms with Gasteiger partial charge < -0.3 is 0 Å². The van der Waals surface area contributed by atoms with Crippen LogP contribution in [0.5, 0.6) is 0 Å². The predicted octanol–water partition coefficient (Wildman–Crippen LogP) is 2.96. The van der Waals surface area contributed by atoms with Crippen molar-refractivity contribution < 1.29 is 16.8 Å². The van der Waals surface area contributed by atoms with Crippen LogP contribution in [0.25, 0.3) is 11.3 Å². The van der Waals surface area contributed by atoms with Crippen molar-refractivity contribution in [1.29, 1.82) is 0 Å². The van der Waals surface area contributed by atoms with E-state index in [0.29, 0.717) is 22.5 Å². The minimum absolute atomic E-state index is 0.122. The Bertz CT molecular complexity index is 1240. The third-order valence-electron chi connectivity index (χ3n) is 4.06. The monoisotopic (exact) mass is 417 g/mol. The number of sulfonamides is 1. The number of nitrogens with one attached hydrogen (secondary N) is 1. The average molecular weight is 418 g/mol. The molecule has 0 aliphatic rings. The normalized spacial score (nSPS) is 12.0. The molecule has 0 saturated heterocycles. The van der Waals surface area contributed by atoms with Crippen LogP contribution in [0.4, 0.5) is 5.69 Å². The van der Waals surface area contributed by atoms with Crippen LogP contribution in [0.15, 0.2) is 64.5 Å². The quantitative estimate of drug-likeness (QED) is 0.684. The first-order valence-corrected chi connectivity index (χ1v) is 11.7. The summed E-state index contributed by atoms with van der Waals surface area (Å²) >= 11 is 0. The first-order valence-electron chi connectivity index (χ1n) is 8.30. The van der Waals surface area contributed by atoms with Crippen molar-refractivity contribution in [3.8, 4) is 11.3 Å². The van der Waals surface area contributed by atoms with Crippen molar-refractivity contribution in [3.63, 3.8) is 0 Å². The van der Waals surface area contributed by atoms with Gasteiger partial charge >= 0.3 is 0 Å². The smallest absolute Gasteiger partial charge is 0.262 e. The zero-order valence-corrected chi connectivity index (χ0v) is 17.2. The van der Waals surface area contributed by atoms with Gasteiger partial charge in [0.25, 0.3) is 10.0 Å². The minimum atomic E-state index is -3.76. The molecule has 0 radical (unpaired) electrons. The van der Waals surface area contributed by atoms with E-state index in [9.17, 15) is 16.8 Å². The van der Waals surface area contributed by atoms with E-state index < -0.39 is 19.9 Å². The molecule has 146 valence electrons. The van der Waals surface area contributed by atoms with Crippen LogP contribution in [0.3, 0.4) is 0 Å². The van der Waals surface area contributed by atoms with Gasteiger partial charge in [0.1, 0.15) is 0 Å². The molecule has 0 aliphatic carbocycles. The number of aromatic nitrogens is 2. The third-order valence-corrected chi connectivity index (χ3v) is 6.56. The second-order valence-electron chi connectivity index (χ2n) is 6.48. The van der Waals surface area contributed by atoms with Gasteiger partial charge in [0.05, 0.1) is 10.6 Å². The molecular formula is C19H19N3O4S2. The summed E-state index contributed by atoms with van der Waals surface area (Å²) in [6.07, 6.45) is 1.05. The highest BCUT2D eigenvalue weighted by Gasteiger charge is 2.17. The molecule has 0 bridgehead atoms. The fourth-order valence-electron chi connectivity index (χ4n) is 2.62. The third kappa shape index (κ3) is 4.37. The Morgan fingerprint density at radius 1 is 0.857 bits per heavy atom. The van der Waals surface area contributed by atoms with Crippen molar-refractivity contribution in [2.75, 3.05) is 11.0 Å².